The van der Waals surface area contributed by atoms with Gasteiger partial charge < -0.3 is 9.84 Å². The molecule has 124 valence electrons. The van der Waals surface area contributed by atoms with Crippen LogP contribution in [0.2, 0.25) is 5.02 Å². The molecule has 1 aromatic heterocycles. The zero-order chi connectivity index (χ0) is 16.2. The lowest BCUT2D eigenvalue weighted by molar-refractivity contribution is 0.0638. The highest BCUT2D eigenvalue weighted by molar-refractivity contribution is 6.30. The van der Waals surface area contributed by atoms with Crippen LogP contribution in [-0.2, 0) is 7.05 Å². The fourth-order valence-corrected chi connectivity index (χ4v) is 3.21. The van der Waals surface area contributed by atoms with Crippen LogP contribution in [0.3, 0.4) is 0 Å². The zero-order valence-corrected chi connectivity index (χ0v) is 14.0. The Morgan fingerprint density at radius 3 is 2.87 bits per heavy atom. The van der Waals surface area contributed by atoms with Gasteiger partial charge in [0, 0.05) is 36.4 Å². The van der Waals surface area contributed by atoms with Crippen molar-refractivity contribution in [1.82, 2.24) is 14.7 Å². The molecule has 1 fully saturated rings. The van der Waals surface area contributed by atoms with E-state index in [9.17, 15) is 5.11 Å². The summed E-state index contributed by atoms with van der Waals surface area (Å²) in [6, 6.07) is 7.52. The van der Waals surface area contributed by atoms with Crippen LogP contribution in [0.15, 0.2) is 36.7 Å². The molecule has 1 aliphatic rings. The number of likely N-dealkylation sites (tertiary alicyclic amines) is 1. The summed E-state index contributed by atoms with van der Waals surface area (Å²) in [5, 5.41) is 15.2. The highest BCUT2D eigenvalue weighted by Crippen LogP contribution is 2.31. The number of benzene rings is 1. The van der Waals surface area contributed by atoms with Crippen LogP contribution < -0.4 is 4.74 Å². The standard InChI is InChI=1S/C17H22ClN3O2/c1-20-10-13(9-19-20)17-3-2-8-21(17)11-15(22)12-23-16-6-4-14(18)5-7-16/h4-7,9-10,15,17,22H,2-3,8,11-12H2,1H3/t15-,17+/m1/s1. The molecular weight excluding hydrogens is 314 g/mol. The fraction of sp³-hybridized carbons (Fsp3) is 0.471. The molecule has 3 rings (SSSR count). The maximum absolute atomic E-state index is 10.3. The maximum Gasteiger partial charge on any atom is 0.119 e. The molecule has 2 atom stereocenters. The van der Waals surface area contributed by atoms with Gasteiger partial charge in [0.2, 0.25) is 0 Å². The summed E-state index contributed by atoms with van der Waals surface area (Å²) in [6.45, 7) is 1.88. The number of rotatable bonds is 6. The Labute approximate surface area is 141 Å². The van der Waals surface area contributed by atoms with Crippen molar-refractivity contribution in [1.29, 1.82) is 0 Å². The van der Waals surface area contributed by atoms with E-state index in [1.807, 2.05) is 30.1 Å². The van der Waals surface area contributed by atoms with Crippen LogP contribution in [0.1, 0.15) is 24.4 Å². The molecule has 2 aromatic rings. The van der Waals surface area contributed by atoms with Crippen LogP contribution >= 0.6 is 11.6 Å². The van der Waals surface area contributed by atoms with Crippen molar-refractivity contribution in [3.63, 3.8) is 0 Å². The molecule has 1 aliphatic heterocycles. The smallest absolute Gasteiger partial charge is 0.119 e. The molecule has 5 nitrogen and oxygen atoms in total. The third kappa shape index (κ3) is 4.25. The summed E-state index contributed by atoms with van der Waals surface area (Å²) in [6.07, 6.45) is 5.70. The predicted octanol–water partition coefficient (Wildman–Crippen LogP) is 2.65. The number of halogens is 1. The summed E-state index contributed by atoms with van der Waals surface area (Å²) in [5.74, 6) is 0.721. The molecule has 2 heterocycles. The largest absolute Gasteiger partial charge is 0.491 e. The van der Waals surface area contributed by atoms with Gasteiger partial charge >= 0.3 is 0 Å². The zero-order valence-electron chi connectivity index (χ0n) is 13.2. The molecule has 0 amide bonds. The Morgan fingerprint density at radius 1 is 1.39 bits per heavy atom. The summed E-state index contributed by atoms with van der Waals surface area (Å²) < 4.78 is 7.45. The Morgan fingerprint density at radius 2 is 2.17 bits per heavy atom. The first kappa shape index (κ1) is 16.3. The molecule has 0 aliphatic carbocycles. The molecule has 0 unspecified atom stereocenters. The van der Waals surface area contributed by atoms with E-state index < -0.39 is 6.10 Å². The van der Waals surface area contributed by atoms with Crippen LogP contribution in [0, 0.1) is 0 Å². The van der Waals surface area contributed by atoms with Crippen molar-refractivity contribution < 1.29 is 9.84 Å². The number of hydrogen-bond acceptors (Lipinski definition) is 4. The number of β-amino-alcohol motifs (C(OH)–C–C–N with tert-alkyl or cyclic N) is 1. The lowest BCUT2D eigenvalue weighted by atomic mass is 10.1. The minimum absolute atomic E-state index is 0.276. The Hall–Kier alpha value is -1.56. The predicted molar refractivity (Wildman–Crippen MR) is 89.7 cm³/mol. The summed E-state index contributed by atoms with van der Waals surface area (Å²) in [5.41, 5.74) is 1.22. The minimum atomic E-state index is -0.525. The number of aryl methyl sites for hydroxylation is 1. The lowest BCUT2D eigenvalue weighted by Gasteiger charge is -2.26. The van der Waals surface area contributed by atoms with E-state index in [4.69, 9.17) is 16.3 Å². The van der Waals surface area contributed by atoms with Crippen LogP contribution in [0.4, 0.5) is 0 Å². The first-order valence-electron chi connectivity index (χ1n) is 7.91. The highest BCUT2D eigenvalue weighted by atomic mass is 35.5. The Bertz CT molecular complexity index is 629. The first-order chi connectivity index (χ1) is 11.1. The quantitative estimate of drug-likeness (QED) is 0.881. The van der Waals surface area contributed by atoms with Gasteiger partial charge in [-0.2, -0.15) is 5.10 Å². The molecule has 1 saturated heterocycles. The average Bonchev–Trinajstić information content (AvgIpc) is 3.15. The van der Waals surface area contributed by atoms with E-state index in [2.05, 4.69) is 16.2 Å². The van der Waals surface area contributed by atoms with E-state index >= 15 is 0 Å². The molecule has 0 saturated carbocycles. The van der Waals surface area contributed by atoms with Crippen molar-refractivity contribution in [3.05, 3.63) is 47.2 Å². The van der Waals surface area contributed by atoms with Gasteiger partial charge in [-0.05, 0) is 43.7 Å². The second kappa shape index (κ2) is 7.34. The van der Waals surface area contributed by atoms with Gasteiger partial charge in [-0.25, -0.2) is 0 Å². The molecule has 23 heavy (non-hydrogen) atoms. The monoisotopic (exact) mass is 335 g/mol. The Kier molecular flexibility index (Phi) is 5.20. The minimum Gasteiger partial charge on any atom is -0.491 e. The topological polar surface area (TPSA) is 50.5 Å². The van der Waals surface area contributed by atoms with Crippen LogP contribution in [0.5, 0.6) is 5.75 Å². The van der Waals surface area contributed by atoms with Gasteiger partial charge in [0.05, 0.1) is 6.20 Å². The SMILES string of the molecule is Cn1cc([C@@H]2CCCN2C[C@@H](O)COc2ccc(Cl)cc2)cn1. The third-order valence-electron chi connectivity index (χ3n) is 4.17. The van der Waals surface area contributed by atoms with Crippen molar-refractivity contribution in [2.75, 3.05) is 19.7 Å². The second-order valence-electron chi connectivity index (χ2n) is 6.02. The summed E-state index contributed by atoms with van der Waals surface area (Å²) >= 11 is 5.85. The number of ether oxygens (including phenoxy) is 1. The van der Waals surface area contributed by atoms with Crippen LogP contribution in [0.25, 0.3) is 0 Å². The number of hydrogen-bond donors (Lipinski definition) is 1. The van der Waals surface area contributed by atoms with Crippen molar-refractivity contribution in [2.24, 2.45) is 7.05 Å². The van der Waals surface area contributed by atoms with Gasteiger partial charge in [-0.3, -0.25) is 9.58 Å². The Balaban J connectivity index is 1.52. The molecule has 1 N–H and O–H groups in total. The molecule has 0 bridgehead atoms. The van der Waals surface area contributed by atoms with Crippen molar-refractivity contribution >= 4 is 11.6 Å². The van der Waals surface area contributed by atoms with E-state index in [1.54, 1.807) is 12.1 Å². The van der Waals surface area contributed by atoms with Crippen molar-refractivity contribution in [2.45, 2.75) is 25.0 Å². The van der Waals surface area contributed by atoms with Gasteiger partial charge in [-0.15, -0.1) is 0 Å². The van der Waals surface area contributed by atoms with E-state index in [0.717, 1.165) is 25.1 Å². The maximum atomic E-state index is 10.3. The number of aliphatic hydroxyl groups excluding tert-OH is 1. The van der Waals surface area contributed by atoms with Crippen LogP contribution in [-0.4, -0.2) is 45.6 Å². The number of aromatic nitrogens is 2. The average molecular weight is 336 g/mol. The second-order valence-corrected chi connectivity index (χ2v) is 6.46. The lowest BCUT2D eigenvalue weighted by Crippen LogP contribution is -2.35. The molecular formula is C17H22ClN3O2. The van der Waals surface area contributed by atoms with E-state index in [0.29, 0.717) is 17.6 Å². The summed E-state index contributed by atoms with van der Waals surface area (Å²) in [7, 11) is 1.93. The third-order valence-corrected chi connectivity index (χ3v) is 4.43. The van der Waals surface area contributed by atoms with Gasteiger partial charge in [0.25, 0.3) is 0 Å². The van der Waals surface area contributed by atoms with E-state index in [-0.39, 0.29) is 6.61 Å². The number of nitrogens with zero attached hydrogens (tertiary/aromatic N) is 3. The van der Waals surface area contributed by atoms with Crippen molar-refractivity contribution in [3.8, 4) is 5.75 Å². The highest BCUT2D eigenvalue weighted by Gasteiger charge is 2.28. The fourth-order valence-electron chi connectivity index (χ4n) is 3.08. The molecule has 6 heteroatoms. The first-order valence-corrected chi connectivity index (χ1v) is 8.28. The molecule has 0 radical (unpaired) electrons. The van der Waals surface area contributed by atoms with Gasteiger partial charge in [-0.1, -0.05) is 11.6 Å². The normalized spacial score (nSPS) is 19.9. The van der Waals surface area contributed by atoms with Gasteiger partial charge in [0.1, 0.15) is 18.5 Å². The van der Waals surface area contributed by atoms with Gasteiger partial charge in [0.15, 0.2) is 0 Å². The summed E-state index contributed by atoms with van der Waals surface area (Å²) in [4.78, 5) is 2.31. The molecule has 1 aromatic carbocycles. The van der Waals surface area contributed by atoms with E-state index in [1.165, 1.54) is 5.56 Å². The number of aliphatic hydroxyl groups is 1. The molecule has 0 spiro atoms.